The van der Waals surface area contributed by atoms with Gasteiger partial charge in [-0.3, -0.25) is 4.79 Å². The number of anilines is 1. The smallest absolute Gasteiger partial charge is 0.313 e. The lowest BCUT2D eigenvalue weighted by atomic mass is 10.0. The Labute approximate surface area is 133 Å². The van der Waals surface area contributed by atoms with Gasteiger partial charge in [-0.15, -0.1) is 12.4 Å². The molecule has 1 saturated heterocycles. The van der Waals surface area contributed by atoms with E-state index in [1.165, 1.54) is 0 Å². The Hall–Kier alpha value is -1.17. The minimum atomic E-state index is -10.2. The topological polar surface area (TPSA) is 64.3 Å². The molecule has 2 rings (SSSR count). The molecule has 1 fully saturated rings. The normalized spacial score (nSPS) is 24.3. The third-order valence-electron chi connectivity index (χ3n) is 3.08. The van der Waals surface area contributed by atoms with Crippen LogP contribution in [0.1, 0.15) is 0 Å². The van der Waals surface area contributed by atoms with Crippen LogP contribution in [0.15, 0.2) is 23.1 Å². The van der Waals surface area contributed by atoms with Gasteiger partial charge in [0.2, 0.25) is 5.91 Å². The highest BCUT2D eigenvalue weighted by molar-refractivity contribution is 8.45. The van der Waals surface area contributed by atoms with Crippen LogP contribution in [0, 0.1) is 11.7 Å². The van der Waals surface area contributed by atoms with Gasteiger partial charge in [-0.1, -0.05) is 19.4 Å². The molecular formula is C11H13ClF6N2O2S. The number of ether oxygens (including phenoxy) is 1. The van der Waals surface area contributed by atoms with Crippen LogP contribution in [0.2, 0.25) is 0 Å². The Kier molecular flexibility index (Phi) is 4.69. The van der Waals surface area contributed by atoms with Crippen molar-refractivity contribution in [2.75, 3.05) is 18.5 Å². The first-order chi connectivity index (χ1) is 9.77. The average Bonchev–Trinajstić information content (AvgIpc) is 2.75. The number of rotatable bonds is 3. The standard InChI is InChI=1S/C11H12F6N2O2S.ClH/c12-8-2-1-6(3-10(8)22(13,14,15,16)17)19-11(20)7-4-21-5-9(7)18;/h1-3,7,9H,4-5,18H2,(H,19,20);1H/t7-,9+;/m0./s1. The Balaban J connectivity index is 0.00000264. The highest BCUT2D eigenvalue weighted by atomic mass is 35.5. The second-order valence-corrected chi connectivity index (χ2v) is 7.29. The van der Waals surface area contributed by atoms with Gasteiger partial charge in [-0.25, -0.2) is 4.39 Å². The summed E-state index contributed by atoms with van der Waals surface area (Å²) in [6.07, 6.45) is 0. The molecule has 134 valence electrons. The molecule has 0 spiro atoms. The lowest BCUT2D eigenvalue weighted by Crippen LogP contribution is -2.37. The van der Waals surface area contributed by atoms with Gasteiger partial charge in [0.25, 0.3) is 0 Å². The SMILES string of the molecule is Cl.N[C@@H]1COC[C@@H]1C(=O)Nc1ccc(F)c(S(F)(F)(F)(F)F)c1. The Bertz CT molecular complexity index is 627. The number of carbonyl (C=O) groups excluding carboxylic acids is 1. The van der Waals surface area contributed by atoms with Crippen LogP contribution < -0.4 is 11.1 Å². The fourth-order valence-electron chi connectivity index (χ4n) is 1.95. The van der Waals surface area contributed by atoms with Gasteiger partial charge in [-0.2, -0.15) is 0 Å². The molecule has 1 amide bonds. The van der Waals surface area contributed by atoms with E-state index in [4.69, 9.17) is 10.5 Å². The van der Waals surface area contributed by atoms with Gasteiger partial charge in [0.15, 0.2) is 0 Å². The zero-order valence-corrected chi connectivity index (χ0v) is 12.9. The largest absolute Gasteiger partial charge is 0.379 e. The first-order valence-corrected chi connectivity index (χ1v) is 7.91. The fraction of sp³-hybridized carbons (Fsp3) is 0.364. The molecule has 0 aliphatic carbocycles. The number of hydrogen-bond donors (Lipinski definition) is 2. The van der Waals surface area contributed by atoms with Crippen molar-refractivity contribution in [2.45, 2.75) is 10.9 Å². The van der Waals surface area contributed by atoms with E-state index in [2.05, 4.69) is 0 Å². The molecule has 2 atom stereocenters. The van der Waals surface area contributed by atoms with Crippen LogP contribution in [0.4, 0.5) is 29.5 Å². The van der Waals surface area contributed by atoms with Gasteiger partial charge in [0.1, 0.15) is 10.7 Å². The van der Waals surface area contributed by atoms with Gasteiger partial charge < -0.3 is 15.8 Å². The van der Waals surface area contributed by atoms with Crippen LogP contribution in [-0.4, -0.2) is 25.2 Å². The molecule has 1 heterocycles. The molecule has 0 saturated carbocycles. The molecule has 1 aliphatic heterocycles. The zero-order valence-electron chi connectivity index (χ0n) is 11.3. The van der Waals surface area contributed by atoms with E-state index < -0.39 is 44.5 Å². The molecule has 12 heteroatoms. The van der Waals surface area contributed by atoms with Crippen LogP contribution in [-0.2, 0) is 9.53 Å². The molecule has 1 aromatic rings. The maximum Gasteiger partial charge on any atom is 0.313 e. The van der Waals surface area contributed by atoms with E-state index in [0.29, 0.717) is 0 Å². The van der Waals surface area contributed by atoms with Crippen LogP contribution in [0.3, 0.4) is 0 Å². The van der Waals surface area contributed by atoms with E-state index in [9.17, 15) is 28.6 Å². The molecule has 0 radical (unpaired) electrons. The lowest BCUT2D eigenvalue weighted by molar-refractivity contribution is -0.120. The Morgan fingerprint density at radius 2 is 1.83 bits per heavy atom. The van der Waals surface area contributed by atoms with Crippen molar-refractivity contribution in [2.24, 2.45) is 11.7 Å². The molecule has 0 aromatic heterocycles. The molecule has 1 aromatic carbocycles. The van der Waals surface area contributed by atoms with Crippen molar-refractivity contribution in [1.82, 2.24) is 0 Å². The molecule has 0 unspecified atom stereocenters. The number of carbonyl (C=O) groups is 1. The fourth-order valence-corrected chi connectivity index (χ4v) is 2.74. The third-order valence-corrected chi connectivity index (χ3v) is 4.22. The molecule has 1 aliphatic rings. The monoisotopic (exact) mass is 386 g/mol. The van der Waals surface area contributed by atoms with Crippen LogP contribution in [0.5, 0.6) is 0 Å². The predicted octanol–water partition coefficient (Wildman–Crippen LogP) is 3.82. The van der Waals surface area contributed by atoms with Crippen molar-refractivity contribution in [3.8, 4) is 0 Å². The summed E-state index contributed by atoms with van der Waals surface area (Å²) >= 11 is 0. The van der Waals surface area contributed by atoms with Crippen molar-refractivity contribution < 1.29 is 33.4 Å². The highest BCUT2D eigenvalue weighted by Gasteiger charge is 2.67. The number of hydrogen-bond acceptors (Lipinski definition) is 3. The summed E-state index contributed by atoms with van der Waals surface area (Å²) in [5.41, 5.74) is 4.96. The quantitative estimate of drug-likeness (QED) is 0.776. The first-order valence-electron chi connectivity index (χ1n) is 5.96. The van der Waals surface area contributed by atoms with E-state index in [0.717, 1.165) is 6.07 Å². The van der Waals surface area contributed by atoms with E-state index in [1.807, 2.05) is 5.32 Å². The number of nitrogens with two attached hydrogens (primary N) is 1. The maximum atomic E-state index is 13.1. The first kappa shape index (κ1) is 19.9. The van der Waals surface area contributed by atoms with Crippen molar-refractivity contribution >= 4 is 34.2 Å². The number of halogens is 7. The zero-order chi connectivity index (χ0) is 16.8. The number of amides is 1. The summed E-state index contributed by atoms with van der Waals surface area (Å²) in [4.78, 5) is 9.13. The summed E-state index contributed by atoms with van der Waals surface area (Å²) in [6.45, 7) is 0.0564. The van der Waals surface area contributed by atoms with Crippen molar-refractivity contribution in [1.29, 1.82) is 0 Å². The molecule has 4 nitrogen and oxygen atoms in total. The van der Waals surface area contributed by atoms with Gasteiger partial charge in [0.05, 0.1) is 19.1 Å². The average molecular weight is 387 g/mol. The second-order valence-electron chi connectivity index (χ2n) is 4.91. The summed E-state index contributed by atoms with van der Waals surface area (Å²) in [6, 6.07) is 0.182. The summed E-state index contributed by atoms with van der Waals surface area (Å²) in [5, 5.41) is 2.01. The summed E-state index contributed by atoms with van der Waals surface area (Å²) in [5.74, 6) is -3.73. The van der Waals surface area contributed by atoms with E-state index >= 15 is 0 Å². The summed E-state index contributed by atoms with van der Waals surface area (Å²) < 4.78 is 81.5. The second kappa shape index (κ2) is 5.43. The minimum absolute atomic E-state index is 0. The molecule has 3 N–H and O–H groups in total. The highest BCUT2D eigenvalue weighted by Crippen LogP contribution is 3.02. The predicted molar refractivity (Wildman–Crippen MR) is 76.0 cm³/mol. The number of nitrogens with one attached hydrogen (secondary N) is 1. The Morgan fingerprint density at radius 3 is 2.30 bits per heavy atom. The Morgan fingerprint density at radius 1 is 1.22 bits per heavy atom. The van der Waals surface area contributed by atoms with Crippen LogP contribution >= 0.6 is 22.6 Å². The van der Waals surface area contributed by atoms with Crippen molar-refractivity contribution in [3.05, 3.63) is 24.0 Å². The van der Waals surface area contributed by atoms with E-state index in [1.54, 1.807) is 0 Å². The lowest BCUT2D eigenvalue weighted by Gasteiger charge is -2.40. The van der Waals surface area contributed by atoms with Crippen LogP contribution in [0.25, 0.3) is 0 Å². The third kappa shape index (κ3) is 4.66. The number of benzene rings is 1. The minimum Gasteiger partial charge on any atom is -0.379 e. The van der Waals surface area contributed by atoms with E-state index in [-0.39, 0.29) is 37.8 Å². The summed E-state index contributed by atoms with van der Waals surface area (Å²) in [7, 11) is -10.2. The molecular weight excluding hydrogens is 374 g/mol. The van der Waals surface area contributed by atoms with Gasteiger partial charge in [0, 0.05) is 11.7 Å². The molecule has 23 heavy (non-hydrogen) atoms. The maximum absolute atomic E-state index is 13.1. The van der Waals surface area contributed by atoms with Gasteiger partial charge >= 0.3 is 10.2 Å². The van der Waals surface area contributed by atoms with Crippen molar-refractivity contribution in [3.63, 3.8) is 0 Å². The van der Waals surface area contributed by atoms with Gasteiger partial charge in [-0.05, 0) is 18.2 Å². The molecule has 0 bridgehead atoms.